The molecule has 2 aromatic rings. The van der Waals surface area contributed by atoms with Crippen molar-refractivity contribution in [1.82, 2.24) is 20.3 Å². The van der Waals surface area contributed by atoms with Crippen LogP contribution in [0, 0.1) is 17.7 Å². The molecule has 1 aromatic heterocycles. The van der Waals surface area contributed by atoms with Crippen molar-refractivity contribution in [2.75, 3.05) is 31.1 Å². The van der Waals surface area contributed by atoms with E-state index in [-0.39, 0.29) is 11.7 Å². The van der Waals surface area contributed by atoms with Gasteiger partial charge in [0.05, 0.1) is 5.92 Å². The zero-order valence-corrected chi connectivity index (χ0v) is 18.1. The third kappa shape index (κ3) is 5.42. The predicted octanol–water partition coefficient (Wildman–Crippen LogP) is 1.73. The Kier molecular flexibility index (Phi) is 7.65. The maximum absolute atomic E-state index is 13.1. The lowest BCUT2D eigenvalue weighted by molar-refractivity contribution is -0.136. The second kappa shape index (κ2) is 10.2. The van der Waals surface area contributed by atoms with Gasteiger partial charge < -0.3 is 9.45 Å². The number of anilines is 1. The molecule has 3 atom stereocenters. The average Bonchev–Trinajstić information content (AvgIpc) is 2.77. The lowest BCUT2D eigenvalue weighted by atomic mass is 9.94. The van der Waals surface area contributed by atoms with E-state index < -0.39 is 28.3 Å². The van der Waals surface area contributed by atoms with Gasteiger partial charge in [0, 0.05) is 44.1 Å². The molecule has 1 aliphatic rings. The number of piperazine rings is 1. The molecule has 1 fully saturated rings. The quantitative estimate of drug-likeness (QED) is 0.331. The maximum atomic E-state index is 13.1. The number of rotatable bonds is 7. The highest BCUT2D eigenvalue weighted by atomic mass is 32.2. The van der Waals surface area contributed by atoms with E-state index in [1.165, 1.54) is 12.1 Å². The van der Waals surface area contributed by atoms with Crippen molar-refractivity contribution >= 4 is 22.9 Å². The van der Waals surface area contributed by atoms with Gasteiger partial charge in [0.1, 0.15) is 11.2 Å². The van der Waals surface area contributed by atoms with Crippen LogP contribution in [0.5, 0.6) is 0 Å². The minimum absolute atomic E-state index is 0.242. The Bertz CT molecular complexity index is 905. The van der Waals surface area contributed by atoms with E-state index in [0.29, 0.717) is 32.1 Å². The van der Waals surface area contributed by atoms with Crippen molar-refractivity contribution in [1.29, 1.82) is 0 Å². The number of carbonyl (C=O) groups is 1. The van der Waals surface area contributed by atoms with Crippen LogP contribution in [0.3, 0.4) is 0 Å². The van der Waals surface area contributed by atoms with Gasteiger partial charge in [-0.3, -0.25) is 14.9 Å². The molecule has 168 valence electrons. The highest BCUT2D eigenvalue weighted by Gasteiger charge is 2.40. The molecule has 1 aromatic carbocycles. The first-order valence-electron chi connectivity index (χ1n) is 9.92. The first-order chi connectivity index (χ1) is 14.8. The van der Waals surface area contributed by atoms with E-state index in [0.717, 1.165) is 11.1 Å². The number of nitrogens with zero attached hydrogens (tertiary/aromatic N) is 4. The van der Waals surface area contributed by atoms with Gasteiger partial charge in [-0.1, -0.05) is 26.0 Å². The largest absolute Gasteiger partial charge is 0.338 e. The summed E-state index contributed by atoms with van der Waals surface area (Å²) in [5, 5.41) is 8.12. The van der Waals surface area contributed by atoms with Gasteiger partial charge in [0.25, 0.3) is 0 Å². The summed E-state index contributed by atoms with van der Waals surface area (Å²) in [4.78, 5) is 24.7. The van der Waals surface area contributed by atoms with E-state index in [2.05, 4.69) is 9.97 Å². The smallest absolute Gasteiger partial charge is 0.249 e. The molecule has 0 radical (unpaired) electrons. The summed E-state index contributed by atoms with van der Waals surface area (Å²) in [5.74, 6) is -1.54. The second-order valence-corrected chi connectivity index (χ2v) is 8.75. The number of carbonyl (C=O) groups excluding carboxylic acids is 1. The standard InChI is InChI=1S/C20H26FN5O4S/c1-13(2)17(18(27)24-28)19(31(29)30)25-7-9-26(10-8-25)20-22-11-15(12-23-20)14-3-5-16(21)6-4-14/h3-6,11-13,17,19,28H,7-10H2,1-2H3,(H,24,27)(H,29,30). The summed E-state index contributed by atoms with van der Waals surface area (Å²) in [5.41, 5.74) is 3.20. The maximum Gasteiger partial charge on any atom is 0.249 e. The Morgan fingerprint density at radius 3 is 2.16 bits per heavy atom. The van der Waals surface area contributed by atoms with Crippen LogP contribution in [-0.4, -0.2) is 66.3 Å². The average molecular weight is 452 g/mol. The lowest BCUT2D eigenvalue weighted by Crippen LogP contribution is -2.57. The van der Waals surface area contributed by atoms with Crippen LogP contribution in [0.25, 0.3) is 11.1 Å². The second-order valence-electron chi connectivity index (χ2n) is 7.71. The molecule has 31 heavy (non-hydrogen) atoms. The molecule has 1 saturated heterocycles. The number of halogens is 1. The van der Waals surface area contributed by atoms with Crippen LogP contribution in [0.15, 0.2) is 36.7 Å². The van der Waals surface area contributed by atoms with Crippen LogP contribution in [0.2, 0.25) is 0 Å². The molecule has 0 bridgehead atoms. The van der Waals surface area contributed by atoms with Crippen molar-refractivity contribution < 1.29 is 23.2 Å². The molecule has 3 unspecified atom stereocenters. The Morgan fingerprint density at radius 2 is 1.68 bits per heavy atom. The Morgan fingerprint density at radius 1 is 1.10 bits per heavy atom. The van der Waals surface area contributed by atoms with E-state index >= 15 is 0 Å². The highest BCUT2D eigenvalue weighted by Crippen LogP contribution is 2.25. The van der Waals surface area contributed by atoms with E-state index in [1.54, 1.807) is 48.8 Å². The van der Waals surface area contributed by atoms with Gasteiger partial charge in [-0.2, -0.15) is 0 Å². The monoisotopic (exact) mass is 451 g/mol. The highest BCUT2D eigenvalue weighted by molar-refractivity contribution is 7.79. The minimum Gasteiger partial charge on any atom is -0.338 e. The molecular formula is C20H26FN5O4S. The number of nitrogens with one attached hydrogen (secondary N) is 1. The predicted molar refractivity (Wildman–Crippen MR) is 114 cm³/mol. The fraction of sp³-hybridized carbons (Fsp3) is 0.450. The van der Waals surface area contributed by atoms with Gasteiger partial charge in [0.15, 0.2) is 11.1 Å². The minimum atomic E-state index is -2.28. The number of hydrogen-bond acceptors (Lipinski definition) is 7. The van der Waals surface area contributed by atoms with Crippen molar-refractivity contribution in [3.05, 3.63) is 42.5 Å². The number of aromatic nitrogens is 2. The molecule has 2 heterocycles. The van der Waals surface area contributed by atoms with Crippen molar-refractivity contribution in [3.63, 3.8) is 0 Å². The third-order valence-electron chi connectivity index (χ3n) is 5.42. The molecule has 3 rings (SSSR count). The fourth-order valence-corrected chi connectivity index (χ4v) is 4.92. The molecule has 9 nitrogen and oxygen atoms in total. The van der Waals surface area contributed by atoms with Gasteiger partial charge in [-0.15, -0.1) is 0 Å². The number of hydrogen-bond donors (Lipinski definition) is 3. The van der Waals surface area contributed by atoms with Crippen molar-refractivity contribution in [2.24, 2.45) is 11.8 Å². The first-order valence-corrected chi connectivity index (χ1v) is 11.1. The molecule has 1 amide bonds. The summed E-state index contributed by atoms with van der Waals surface area (Å²) in [6.45, 7) is 5.42. The zero-order chi connectivity index (χ0) is 22.5. The number of hydroxylamine groups is 1. The zero-order valence-electron chi connectivity index (χ0n) is 17.3. The van der Waals surface area contributed by atoms with Crippen molar-refractivity contribution in [2.45, 2.75) is 19.2 Å². The van der Waals surface area contributed by atoms with Gasteiger partial charge in [-0.05, 0) is 23.6 Å². The van der Waals surface area contributed by atoms with Gasteiger partial charge >= 0.3 is 0 Å². The summed E-state index contributed by atoms with van der Waals surface area (Å²) in [7, 11) is 0. The molecule has 3 N–H and O–H groups in total. The van der Waals surface area contributed by atoms with Gasteiger partial charge in [-0.25, -0.2) is 24.0 Å². The SMILES string of the molecule is CC(C)C(C(=O)NO)C(N1CCN(c2ncc(-c3ccc(F)cc3)cn2)CC1)S(=O)O. The number of benzene rings is 1. The molecule has 0 aliphatic carbocycles. The Hall–Kier alpha value is -2.47. The van der Waals surface area contributed by atoms with E-state index in [4.69, 9.17) is 5.21 Å². The fourth-order valence-electron chi connectivity index (χ4n) is 3.77. The third-order valence-corrected chi connectivity index (χ3v) is 6.42. The van der Waals surface area contributed by atoms with Crippen LogP contribution in [-0.2, 0) is 15.9 Å². The molecule has 0 spiro atoms. The van der Waals surface area contributed by atoms with E-state index in [9.17, 15) is 17.9 Å². The topological polar surface area (TPSA) is 119 Å². The lowest BCUT2D eigenvalue weighted by Gasteiger charge is -2.40. The molecular weight excluding hydrogens is 425 g/mol. The molecule has 1 aliphatic heterocycles. The summed E-state index contributed by atoms with van der Waals surface area (Å²) < 4.78 is 35.0. The van der Waals surface area contributed by atoms with E-state index in [1.807, 2.05) is 4.90 Å². The van der Waals surface area contributed by atoms with Crippen LogP contribution < -0.4 is 10.4 Å². The first kappa shape index (κ1) is 23.2. The summed E-state index contributed by atoms with van der Waals surface area (Å²) >= 11 is -2.28. The number of amides is 1. The Balaban J connectivity index is 1.68. The Labute approximate surface area is 182 Å². The summed E-state index contributed by atoms with van der Waals surface area (Å²) in [6, 6.07) is 6.08. The van der Waals surface area contributed by atoms with Gasteiger partial charge in [0.2, 0.25) is 11.9 Å². The molecule has 11 heteroatoms. The molecule has 0 saturated carbocycles. The van der Waals surface area contributed by atoms with Crippen molar-refractivity contribution in [3.8, 4) is 11.1 Å². The van der Waals surface area contributed by atoms with Crippen LogP contribution in [0.1, 0.15) is 13.8 Å². The van der Waals surface area contributed by atoms with Crippen LogP contribution in [0.4, 0.5) is 10.3 Å². The van der Waals surface area contributed by atoms with Crippen LogP contribution >= 0.6 is 0 Å². The normalized spacial score (nSPS) is 17.9. The summed E-state index contributed by atoms with van der Waals surface area (Å²) in [6.07, 6.45) is 3.35.